The monoisotopic (exact) mass is 706 g/mol. The van der Waals surface area contributed by atoms with Crippen molar-refractivity contribution in [2.45, 2.75) is 76.9 Å². The fourth-order valence-corrected chi connectivity index (χ4v) is 12.2. The van der Waals surface area contributed by atoms with Crippen LogP contribution in [0.4, 0.5) is 10.5 Å². The molecule has 268 valence electrons. The number of carbonyl (C=O) groups excluding carboxylic acids is 2. The van der Waals surface area contributed by atoms with E-state index in [2.05, 4.69) is 48.8 Å². The van der Waals surface area contributed by atoms with E-state index in [4.69, 9.17) is 4.74 Å². The number of ketones is 1. The van der Waals surface area contributed by atoms with Crippen molar-refractivity contribution >= 4 is 28.8 Å². The Morgan fingerprint density at radius 3 is 2.37 bits per heavy atom. The second kappa shape index (κ2) is 12.5. The molecule has 7 nitrogen and oxygen atoms in total. The molecule has 1 heterocycles. The summed E-state index contributed by atoms with van der Waals surface area (Å²) in [4.78, 5) is 31.8. The highest BCUT2D eigenvalue weighted by Crippen LogP contribution is 2.78. The van der Waals surface area contributed by atoms with Crippen molar-refractivity contribution in [1.29, 1.82) is 0 Å². The summed E-state index contributed by atoms with van der Waals surface area (Å²) in [5, 5.41) is 29.2. The van der Waals surface area contributed by atoms with Crippen LogP contribution in [0.1, 0.15) is 74.0 Å². The van der Waals surface area contributed by atoms with Gasteiger partial charge in [0.15, 0.2) is 5.78 Å². The fourth-order valence-electron chi connectivity index (χ4n) is 11.5. The highest BCUT2D eigenvalue weighted by atomic mass is 32.1. The van der Waals surface area contributed by atoms with Crippen LogP contribution in [-0.2, 0) is 6.42 Å². The number of anilines is 1. The second-order valence-electron chi connectivity index (χ2n) is 16.4. The van der Waals surface area contributed by atoms with E-state index in [1.807, 2.05) is 60.7 Å². The van der Waals surface area contributed by atoms with Gasteiger partial charge >= 0.3 is 6.03 Å². The zero-order chi connectivity index (χ0) is 35.6. The first kappa shape index (κ1) is 34.4. The van der Waals surface area contributed by atoms with Crippen LogP contribution in [0.2, 0.25) is 0 Å². The lowest BCUT2D eigenvalue weighted by Gasteiger charge is -2.71. The molecule has 0 aliphatic heterocycles. The third-order valence-corrected chi connectivity index (χ3v) is 15.2. The Bertz CT molecular complexity index is 1860. The number of Topliss-reactive ketones (excluding diaryl/α,β-unsaturated/α-hetero) is 1. The molecule has 3 aromatic rings. The number of hydrogen-bond donors (Lipinski definition) is 3. The summed E-state index contributed by atoms with van der Waals surface area (Å²) in [5.74, 6) is 0.993. The average molecular weight is 707 g/mol. The van der Waals surface area contributed by atoms with Crippen LogP contribution in [0.25, 0.3) is 0 Å². The van der Waals surface area contributed by atoms with Gasteiger partial charge in [-0.15, -0.1) is 11.3 Å². The molecule has 1 unspecified atom stereocenters. The summed E-state index contributed by atoms with van der Waals surface area (Å²) < 4.78 is 5.31. The number of rotatable bonds is 9. The standard InChI is InChI=1S/C43H50N2O5S/c1-39-19-15-31(46)26-41(39)22-23-43(34(27-41)37(47)29-8-5-4-6-9-29)35(39)16-20-40(2)36(43)17-21-42(40,49)28-45(24-18-33-10-7-25-51-33)38(48)44-30-11-13-32(50-3)14-12-30/h4-14,22-23,25,27,31,35-36,46,49H,15-21,24,26,28H2,1-3H3,(H,44,48)/t31?,35-,36-,39-,40+,41+,42-,43-/m1/s1. The summed E-state index contributed by atoms with van der Waals surface area (Å²) in [6.45, 7) is 5.31. The molecule has 0 saturated heterocycles. The Balaban J connectivity index is 1.16. The molecule has 8 heteroatoms. The summed E-state index contributed by atoms with van der Waals surface area (Å²) in [7, 11) is 1.62. The fraction of sp³-hybridized carbons (Fsp3) is 0.488. The van der Waals surface area contributed by atoms with Gasteiger partial charge in [0.1, 0.15) is 5.75 Å². The molecular weight excluding hydrogens is 657 g/mol. The number of fused-ring (bicyclic) bond motifs is 1. The predicted molar refractivity (Wildman–Crippen MR) is 201 cm³/mol. The van der Waals surface area contributed by atoms with Gasteiger partial charge in [-0.05, 0) is 104 Å². The van der Waals surface area contributed by atoms with E-state index in [0.717, 1.165) is 37.7 Å². The van der Waals surface area contributed by atoms with Gasteiger partial charge in [0.05, 0.1) is 25.4 Å². The van der Waals surface area contributed by atoms with Crippen LogP contribution in [0, 0.1) is 33.5 Å². The number of methoxy groups -OCH3 is 1. The minimum atomic E-state index is -1.16. The zero-order valence-electron chi connectivity index (χ0n) is 29.9. The van der Waals surface area contributed by atoms with E-state index in [-0.39, 0.29) is 41.0 Å². The molecule has 6 aliphatic rings. The number of hydrogen-bond acceptors (Lipinski definition) is 6. The lowest BCUT2D eigenvalue weighted by Crippen LogP contribution is -2.67. The van der Waals surface area contributed by atoms with Crippen molar-refractivity contribution in [3.63, 3.8) is 0 Å². The number of aliphatic hydroxyl groups is 2. The zero-order valence-corrected chi connectivity index (χ0v) is 30.8. The van der Waals surface area contributed by atoms with Crippen LogP contribution < -0.4 is 10.1 Å². The molecule has 8 atom stereocenters. The molecule has 9 rings (SSSR count). The molecule has 3 N–H and O–H groups in total. The number of nitrogens with one attached hydrogen (secondary N) is 1. The van der Waals surface area contributed by atoms with E-state index in [9.17, 15) is 19.8 Å². The number of amides is 2. The van der Waals surface area contributed by atoms with E-state index in [0.29, 0.717) is 42.8 Å². The van der Waals surface area contributed by atoms with Gasteiger partial charge in [-0.2, -0.15) is 0 Å². The first-order chi connectivity index (χ1) is 24.5. The molecule has 6 aliphatic carbocycles. The number of aliphatic hydroxyl groups excluding tert-OH is 1. The number of thiophene rings is 1. The topological polar surface area (TPSA) is 99.1 Å². The quantitative estimate of drug-likeness (QED) is 0.154. The van der Waals surface area contributed by atoms with Crippen molar-refractivity contribution < 1.29 is 24.5 Å². The van der Waals surface area contributed by atoms with Crippen molar-refractivity contribution in [3.8, 4) is 5.75 Å². The van der Waals surface area contributed by atoms with Gasteiger partial charge in [-0.1, -0.05) is 68.5 Å². The number of ether oxygens (including phenoxy) is 1. The van der Waals surface area contributed by atoms with Gasteiger partial charge in [0.25, 0.3) is 0 Å². The van der Waals surface area contributed by atoms with Crippen molar-refractivity contribution in [1.82, 2.24) is 4.90 Å². The maximum absolute atomic E-state index is 14.7. The highest BCUT2D eigenvalue weighted by molar-refractivity contribution is 7.09. The lowest BCUT2D eigenvalue weighted by atomic mass is 9.32. The Kier molecular flexibility index (Phi) is 8.39. The molecule has 1 aromatic heterocycles. The number of benzene rings is 2. The predicted octanol–water partition coefficient (Wildman–Crippen LogP) is 8.31. The lowest BCUT2D eigenvalue weighted by molar-refractivity contribution is -0.174. The van der Waals surface area contributed by atoms with E-state index < -0.39 is 22.5 Å². The molecule has 2 aromatic carbocycles. The summed E-state index contributed by atoms with van der Waals surface area (Å²) in [6.07, 6.45) is 12.6. The number of nitrogens with zero attached hydrogens (tertiary/aromatic N) is 1. The number of carbonyl (C=O) groups is 2. The molecular formula is C43H50N2O5S. The first-order valence-electron chi connectivity index (χ1n) is 18.6. The van der Waals surface area contributed by atoms with Crippen molar-refractivity contribution in [3.05, 3.63) is 106 Å². The van der Waals surface area contributed by atoms with Crippen LogP contribution in [0.3, 0.4) is 0 Å². The maximum atomic E-state index is 14.7. The third-order valence-electron chi connectivity index (χ3n) is 14.3. The van der Waals surface area contributed by atoms with Gasteiger partial charge in [0.2, 0.25) is 0 Å². The first-order valence-corrected chi connectivity index (χ1v) is 19.5. The summed E-state index contributed by atoms with van der Waals surface area (Å²) in [6, 6.07) is 20.8. The molecule has 2 amide bonds. The molecule has 3 saturated carbocycles. The molecule has 3 fully saturated rings. The Morgan fingerprint density at radius 1 is 0.922 bits per heavy atom. The van der Waals surface area contributed by atoms with Crippen molar-refractivity contribution in [2.24, 2.45) is 33.5 Å². The smallest absolute Gasteiger partial charge is 0.321 e. The van der Waals surface area contributed by atoms with Gasteiger partial charge in [0, 0.05) is 44.5 Å². The van der Waals surface area contributed by atoms with Crippen LogP contribution in [-0.4, -0.2) is 58.8 Å². The number of urea groups is 1. The van der Waals surface area contributed by atoms with E-state index in [1.54, 1.807) is 23.3 Å². The third kappa shape index (κ3) is 5.19. The minimum absolute atomic E-state index is 0.00897. The Labute approximate surface area is 305 Å². The molecule has 0 radical (unpaired) electrons. The van der Waals surface area contributed by atoms with Gasteiger partial charge < -0.3 is 25.2 Å². The summed E-state index contributed by atoms with van der Waals surface area (Å²) >= 11 is 1.68. The Morgan fingerprint density at radius 2 is 1.65 bits per heavy atom. The Hall–Kier alpha value is -3.72. The number of allylic oxidation sites excluding steroid dienone is 4. The van der Waals surface area contributed by atoms with Crippen LogP contribution in [0.5, 0.6) is 5.75 Å². The van der Waals surface area contributed by atoms with Crippen LogP contribution in [0.15, 0.2) is 95.9 Å². The van der Waals surface area contributed by atoms with E-state index in [1.165, 1.54) is 4.88 Å². The maximum Gasteiger partial charge on any atom is 0.321 e. The average Bonchev–Trinajstić information content (AvgIpc) is 3.76. The van der Waals surface area contributed by atoms with E-state index >= 15 is 0 Å². The minimum Gasteiger partial charge on any atom is -0.497 e. The normalized spacial score (nSPS) is 36.0. The molecule has 2 bridgehead atoms. The molecule has 51 heavy (non-hydrogen) atoms. The SMILES string of the molecule is COc1ccc(NC(=O)N(CCc2cccs2)C[C@]2(O)CC[C@H]3[C@]45C=C[C@@]6(C=C4C(=O)c4ccccc4)CC(O)CC[C@]6(C)[C@H]5CC[C@@]32C)cc1. The highest BCUT2D eigenvalue weighted by Gasteiger charge is 2.74. The molecule has 2 spiro atoms. The largest absolute Gasteiger partial charge is 0.497 e. The van der Waals surface area contributed by atoms with Crippen LogP contribution >= 0.6 is 11.3 Å². The second-order valence-corrected chi connectivity index (χ2v) is 17.4. The van der Waals surface area contributed by atoms with Crippen molar-refractivity contribution in [2.75, 3.05) is 25.5 Å². The van der Waals surface area contributed by atoms with Gasteiger partial charge in [-0.25, -0.2) is 4.79 Å². The van der Waals surface area contributed by atoms with Gasteiger partial charge in [-0.3, -0.25) is 4.79 Å². The summed E-state index contributed by atoms with van der Waals surface area (Å²) in [5.41, 5.74) is -0.533.